The van der Waals surface area contributed by atoms with Crippen molar-refractivity contribution < 1.29 is 4.79 Å². The summed E-state index contributed by atoms with van der Waals surface area (Å²) in [6, 6.07) is 6.00. The molecule has 9 heteroatoms. The lowest BCUT2D eigenvalue weighted by Crippen LogP contribution is -2.38. The lowest BCUT2D eigenvalue weighted by molar-refractivity contribution is 0.254. The maximum absolute atomic E-state index is 12.4. The molecule has 118 valence electrons. The number of fused-ring (bicyclic) bond motifs is 1. The predicted octanol–water partition coefficient (Wildman–Crippen LogP) is 1.17. The minimum absolute atomic E-state index is 0.0425. The molecule has 3 rings (SSSR count). The molecule has 1 N–H and O–H groups in total. The van der Waals surface area contributed by atoms with E-state index in [1.807, 2.05) is 0 Å². The topological polar surface area (TPSA) is 90.9 Å². The van der Waals surface area contributed by atoms with Gasteiger partial charge < -0.3 is 5.32 Å². The largest absolute Gasteiger partial charge is 0.332 e. The summed E-state index contributed by atoms with van der Waals surface area (Å²) in [5, 5.41) is 3.19. The van der Waals surface area contributed by atoms with Gasteiger partial charge in [0.15, 0.2) is 11.2 Å². The molecule has 0 aliphatic heterocycles. The number of halogens is 1. The Morgan fingerprint density at radius 3 is 2.43 bits per heavy atom. The zero-order valence-electron chi connectivity index (χ0n) is 12.3. The number of carbonyl (C=O) groups excluding carboxylic acids is 1. The molecule has 23 heavy (non-hydrogen) atoms. The van der Waals surface area contributed by atoms with Gasteiger partial charge in [0.2, 0.25) is 0 Å². The van der Waals surface area contributed by atoms with Crippen LogP contribution >= 0.6 is 11.6 Å². The number of aromatic nitrogens is 4. The number of anilines is 1. The third-order valence-electron chi connectivity index (χ3n) is 3.46. The third kappa shape index (κ3) is 2.42. The van der Waals surface area contributed by atoms with E-state index < -0.39 is 17.3 Å². The lowest BCUT2D eigenvalue weighted by atomic mass is 10.3. The number of imidazole rings is 1. The van der Waals surface area contributed by atoms with Gasteiger partial charge in [-0.1, -0.05) is 11.6 Å². The van der Waals surface area contributed by atoms with Crippen LogP contribution in [-0.4, -0.2) is 24.7 Å². The van der Waals surface area contributed by atoms with Gasteiger partial charge in [0.1, 0.15) is 6.33 Å². The fourth-order valence-electron chi connectivity index (χ4n) is 2.24. The first-order chi connectivity index (χ1) is 10.9. The van der Waals surface area contributed by atoms with Crippen molar-refractivity contribution in [2.75, 3.05) is 5.32 Å². The van der Waals surface area contributed by atoms with Crippen molar-refractivity contribution in [3.63, 3.8) is 0 Å². The smallest absolute Gasteiger partial charge is 0.307 e. The maximum Gasteiger partial charge on any atom is 0.332 e. The molecule has 3 aromatic rings. The average molecular weight is 334 g/mol. The van der Waals surface area contributed by atoms with Crippen LogP contribution in [0.4, 0.5) is 10.5 Å². The molecule has 0 fully saturated rings. The minimum Gasteiger partial charge on any atom is -0.307 e. The van der Waals surface area contributed by atoms with Gasteiger partial charge in [-0.3, -0.25) is 13.9 Å². The van der Waals surface area contributed by atoms with E-state index in [9.17, 15) is 14.4 Å². The summed E-state index contributed by atoms with van der Waals surface area (Å²) in [7, 11) is 2.83. The molecule has 1 aromatic carbocycles. The van der Waals surface area contributed by atoms with Gasteiger partial charge in [0.25, 0.3) is 5.56 Å². The Kier molecular flexibility index (Phi) is 3.53. The summed E-state index contributed by atoms with van der Waals surface area (Å²) in [4.78, 5) is 40.4. The average Bonchev–Trinajstić information content (AvgIpc) is 2.98. The molecule has 0 radical (unpaired) electrons. The Balaban J connectivity index is 2.10. The van der Waals surface area contributed by atoms with E-state index in [2.05, 4.69) is 10.3 Å². The van der Waals surface area contributed by atoms with Gasteiger partial charge in [-0.15, -0.1) is 0 Å². The van der Waals surface area contributed by atoms with E-state index >= 15 is 0 Å². The fourth-order valence-corrected chi connectivity index (χ4v) is 2.37. The van der Waals surface area contributed by atoms with E-state index in [1.165, 1.54) is 25.0 Å². The SMILES string of the molecule is Cn1c(=O)c2ncn(C(=O)Nc3ccc(Cl)cc3)c2n(C)c1=O. The molecule has 0 aliphatic rings. The Hall–Kier alpha value is -2.87. The summed E-state index contributed by atoms with van der Waals surface area (Å²) in [5.41, 5.74) is -0.398. The first-order valence-electron chi connectivity index (χ1n) is 6.60. The van der Waals surface area contributed by atoms with Crippen LogP contribution in [0.15, 0.2) is 40.2 Å². The lowest BCUT2D eigenvalue weighted by Gasteiger charge is -2.09. The molecule has 0 bridgehead atoms. The van der Waals surface area contributed by atoms with Gasteiger partial charge >= 0.3 is 11.7 Å². The highest BCUT2D eigenvalue weighted by Gasteiger charge is 2.17. The molecule has 0 aliphatic carbocycles. The van der Waals surface area contributed by atoms with Crippen LogP contribution < -0.4 is 16.6 Å². The Morgan fingerprint density at radius 1 is 1.13 bits per heavy atom. The van der Waals surface area contributed by atoms with Crippen molar-refractivity contribution in [2.24, 2.45) is 14.1 Å². The molecule has 0 atom stereocenters. The van der Waals surface area contributed by atoms with E-state index in [-0.39, 0.29) is 11.2 Å². The van der Waals surface area contributed by atoms with Gasteiger partial charge in [-0.05, 0) is 24.3 Å². The van der Waals surface area contributed by atoms with Crippen molar-refractivity contribution in [2.45, 2.75) is 0 Å². The monoisotopic (exact) mass is 333 g/mol. The molecular formula is C14H12ClN5O3. The molecule has 2 aromatic heterocycles. The van der Waals surface area contributed by atoms with Crippen molar-refractivity contribution in [3.8, 4) is 0 Å². The molecule has 2 heterocycles. The summed E-state index contributed by atoms with van der Waals surface area (Å²) in [5.74, 6) is 0. The fraction of sp³-hybridized carbons (Fsp3) is 0.143. The van der Waals surface area contributed by atoms with Crippen LogP contribution in [0.5, 0.6) is 0 Å². The number of nitrogens with one attached hydrogen (secondary N) is 1. The normalized spacial score (nSPS) is 10.9. The maximum atomic E-state index is 12.4. The number of nitrogens with zero attached hydrogens (tertiary/aromatic N) is 4. The highest BCUT2D eigenvalue weighted by Crippen LogP contribution is 2.14. The molecular weight excluding hydrogens is 322 g/mol. The van der Waals surface area contributed by atoms with Crippen molar-refractivity contribution in [1.82, 2.24) is 18.7 Å². The first-order valence-corrected chi connectivity index (χ1v) is 6.98. The molecule has 1 amide bonds. The van der Waals surface area contributed by atoms with E-state index in [1.54, 1.807) is 24.3 Å². The second-order valence-electron chi connectivity index (χ2n) is 4.93. The molecule has 8 nitrogen and oxygen atoms in total. The summed E-state index contributed by atoms with van der Waals surface area (Å²) in [6.07, 6.45) is 1.21. The van der Waals surface area contributed by atoms with Crippen molar-refractivity contribution in [3.05, 3.63) is 56.5 Å². The minimum atomic E-state index is -0.554. The Morgan fingerprint density at radius 2 is 1.78 bits per heavy atom. The number of amides is 1. The number of rotatable bonds is 1. The molecule has 0 saturated heterocycles. The van der Waals surface area contributed by atoms with Crippen LogP contribution in [-0.2, 0) is 14.1 Å². The number of carbonyl (C=O) groups is 1. The Labute approximate surface area is 134 Å². The summed E-state index contributed by atoms with van der Waals surface area (Å²) in [6.45, 7) is 0. The third-order valence-corrected chi connectivity index (χ3v) is 3.71. The highest BCUT2D eigenvalue weighted by atomic mass is 35.5. The number of hydrogen-bond acceptors (Lipinski definition) is 4. The van der Waals surface area contributed by atoms with Crippen LogP contribution in [0.2, 0.25) is 5.02 Å². The zero-order valence-corrected chi connectivity index (χ0v) is 13.0. The molecule has 0 unspecified atom stereocenters. The second-order valence-corrected chi connectivity index (χ2v) is 5.37. The predicted molar refractivity (Wildman–Crippen MR) is 86.1 cm³/mol. The highest BCUT2D eigenvalue weighted by molar-refractivity contribution is 6.30. The number of hydrogen-bond donors (Lipinski definition) is 1. The van der Waals surface area contributed by atoms with Crippen LogP contribution in [0.1, 0.15) is 0 Å². The van der Waals surface area contributed by atoms with Crippen LogP contribution in [0.25, 0.3) is 11.2 Å². The van der Waals surface area contributed by atoms with E-state index in [4.69, 9.17) is 11.6 Å². The number of aryl methyl sites for hydroxylation is 1. The van der Waals surface area contributed by atoms with Gasteiger partial charge in [-0.25, -0.2) is 19.1 Å². The quantitative estimate of drug-likeness (QED) is 0.723. The Bertz CT molecular complexity index is 1030. The van der Waals surface area contributed by atoms with Crippen LogP contribution in [0, 0.1) is 0 Å². The van der Waals surface area contributed by atoms with Gasteiger partial charge in [0.05, 0.1) is 0 Å². The summed E-state index contributed by atoms with van der Waals surface area (Å²) >= 11 is 5.79. The van der Waals surface area contributed by atoms with E-state index in [0.29, 0.717) is 10.7 Å². The summed E-state index contributed by atoms with van der Waals surface area (Å²) < 4.78 is 3.26. The van der Waals surface area contributed by atoms with Crippen molar-refractivity contribution in [1.29, 1.82) is 0 Å². The van der Waals surface area contributed by atoms with Crippen molar-refractivity contribution >= 4 is 34.5 Å². The van der Waals surface area contributed by atoms with Crippen LogP contribution in [0.3, 0.4) is 0 Å². The standard InChI is InChI=1S/C14H12ClN5O3/c1-18-11-10(12(21)19(2)14(18)23)16-7-20(11)13(22)17-9-5-3-8(15)4-6-9/h3-7H,1-2H3,(H,17,22). The molecule has 0 saturated carbocycles. The van der Waals surface area contributed by atoms with Gasteiger partial charge in [0, 0.05) is 24.8 Å². The zero-order chi connectivity index (χ0) is 16.7. The first kappa shape index (κ1) is 15.0. The molecule has 0 spiro atoms. The van der Waals surface area contributed by atoms with Gasteiger partial charge in [-0.2, -0.15) is 0 Å². The number of benzene rings is 1. The second kappa shape index (κ2) is 5.40. The van der Waals surface area contributed by atoms with E-state index in [0.717, 1.165) is 9.13 Å².